The highest BCUT2D eigenvalue weighted by molar-refractivity contribution is 5.38. The normalized spacial score (nSPS) is 12.8. The molecular weight excluding hydrogens is 284 g/mol. The van der Waals surface area contributed by atoms with Crippen molar-refractivity contribution >= 4 is 6.47 Å². The zero-order valence-electron chi connectivity index (χ0n) is 13.7. The molecule has 126 valence electrons. The highest BCUT2D eigenvalue weighted by atomic mass is 16.6. The second-order valence-electron chi connectivity index (χ2n) is 4.64. The number of carbonyl (C=O) groups excluding carboxylic acids is 1. The molecule has 0 aliphatic rings. The molecule has 0 saturated heterocycles. The fourth-order valence-corrected chi connectivity index (χ4v) is 2.09. The van der Waals surface area contributed by atoms with Crippen LogP contribution in [0.15, 0.2) is 24.3 Å². The van der Waals surface area contributed by atoms with Crippen LogP contribution < -0.4 is 0 Å². The molecule has 2 N–H and O–H groups in total. The van der Waals surface area contributed by atoms with E-state index >= 15 is 0 Å². The first-order valence-electron chi connectivity index (χ1n) is 7.69. The van der Waals surface area contributed by atoms with Crippen molar-refractivity contribution in [3.63, 3.8) is 0 Å². The van der Waals surface area contributed by atoms with Crippen LogP contribution in [-0.4, -0.2) is 42.8 Å². The van der Waals surface area contributed by atoms with Gasteiger partial charge in [0, 0.05) is 13.2 Å². The second-order valence-corrected chi connectivity index (χ2v) is 4.64. The monoisotopic (exact) mass is 312 g/mol. The molecule has 1 rings (SSSR count). The standard InChI is InChI=1S/C13H18O4.C4H10O/c1-2-5-10-6-3-4-7-11(10)12(8-14)13(16)17-9-15;1-3-5-4-2/h3-4,6-7,9,12-14,16H,2,5,8H2,1H3;3-4H2,1-2H3. The summed E-state index contributed by atoms with van der Waals surface area (Å²) in [5, 5.41) is 19.0. The molecule has 22 heavy (non-hydrogen) atoms. The summed E-state index contributed by atoms with van der Waals surface area (Å²) in [4.78, 5) is 10.2. The molecular formula is C17H28O5. The summed E-state index contributed by atoms with van der Waals surface area (Å²) in [5.74, 6) is -0.594. The van der Waals surface area contributed by atoms with Crippen molar-refractivity contribution in [2.75, 3.05) is 19.8 Å². The van der Waals surface area contributed by atoms with Crippen molar-refractivity contribution in [3.05, 3.63) is 35.4 Å². The fourth-order valence-electron chi connectivity index (χ4n) is 2.09. The number of aryl methyl sites for hydroxylation is 1. The van der Waals surface area contributed by atoms with E-state index in [9.17, 15) is 15.0 Å². The Kier molecular flexibility index (Phi) is 12.4. The fraction of sp³-hybridized carbons (Fsp3) is 0.588. The Morgan fingerprint density at radius 3 is 2.27 bits per heavy atom. The van der Waals surface area contributed by atoms with Crippen molar-refractivity contribution in [1.29, 1.82) is 0 Å². The molecule has 1 aromatic carbocycles. The first-order valence-corrected chi connectivity index (χ1v) is 7.69. The Labute approximate surface area is 132 Å². The zero-order chi connectivity index (χ0) is 16.8. The van der Waals surface area contributed by atoms with Crippen LogP contribution in [0.2, 0.25) is 0 Å². The third-order valence-corrected chi connectivity index (χ3v) is 3.12. The van der Waals surface area contributed by atoms with E-state index in [4.69, 9.17) is 4.74 Å². The van der Waals surface area contributed by atoms with Crippen molar-refractivity contribution in [2.45, 2.75) is 45.8 Å². The van der Waals surface area contributed by atoms with Gasteiger partial charge in [-0.05, 0) is 31.4 Å². The van der Waals surface area contributed by atoms with Crippen LogP contribution in [0, 0.1) is 0 Å². The molecule has 0 aliphatic carbocycles. The molecule has 0 radical (unpaired) electrons. The quantitative estimate of drug-likeness (QED) is 0.540. The van der Waals surface area contributed by atoms with Crippen LogP contribution in [0.25, 0.3) is 0 Å². The van der Waals surface area contributed by atoms with Crippen molar-refractivity contribution in [2.24, 2.45) is 0 Å². The van der Waals surface area contributed by atoms with E-state index in [0.29, 0.717) is 0 Å². The average molecular weight is 312 g/mol. The van der Waals surface area contributed by atoms with E-state index in [2.05, 4.69) is 11.7 Å². The Morgan fingerprint density at radius 2 is 1.82 bits per heavy atom. The number of ether oxygens (including phenoxy) is 2. The molecule has 0 amide bonds. The van der Waals surface area contributed by atoms with Gasteiger partial charge >= 0.3 is 0 Å². The predicted octanol–water partition coefficient (Wildman–Crippen LogP) is 2.25. The van der Waals surface area contributed by atoms with Crippen LogP contribution in [0.4, 0.5) is 0 Å². The van der Waals surface area contributed by atoms with E-state index < -0.39 is 12.2 Å². The van der Waals surface area contributed by atoms with Gasteiger partial charge in [0.1, 0.15) is 0 Å². The summed E-state index contributed by atoms with van der Waals surface area (Å²) >= 11 is 0. The van der Waals surface area contributed by atoms with Crippen molar-refractivity contribution < 1.29 is 24.5 Å². The van der Waals surface area contributed by atoms with Crippen molar-refractivity contribution in [1.82, 2.24) is 0 Å². The van der Waals surface area contributed by atoms with E-state index in [1.54, 1.807) is 0 Å². The summed E-state index contributed by atoms with van der Waals surface area (Å²) in [6.45, 7) is 7.65. The maximum atomic E-state index is 10.2. The molecule has 0 aromatic heterocycles. The third kappa shape index (κ3) is 7.54. The summed E-state index contributed by atoms with van der Waals surface area (Å²) in [5.41, 5.74) is 1.88. The lowest BCUT2D eigenvalue weighted by Gasteiger charge is -2.22. The van der Waals surface area contributed by atoms with E-state index in [-0.39, 0.29) is 13.1 Å². The number of hydrogen-bond donors (Lipinski definition) is 2. The molecule has 0 saturated carbocycles. The van der Waals surface area contributed by atoms with Gasteiger partial charge in [-0.3, -0.25) is 4.79 Å². The minimum Gasteiger partial charge on any atom is -0.437 e. The molecule has 2 unspecified atom stereocenters. The first-order chi connectivity index (χ1) is 10.7. The van der Waals surface area contributed by atoms with E-state index in [1.807, 2.05) is 38.1 Å². The first kappa shape index (κ1) is 20.6. The third-order valence-electron chi connectivity index (χ3n) is 3.12. The summed E-state index contributed by atoms with van der Waals surface area (Å²) in [6.07, 6.45) is 0.524. The number of aliphatic hydroxyl groups is 2. The van der Waals surface area contributed by atoms with Gasteiger partial charge in [-0.1, -0.05) is 37.6 Å². The van der Waals surface area contributed by atoms with Gasteiger partial charge in [-0.15, -0.1) is 0 Å². The highest BCUT2D eigenvalue weighted by Gasteiger charge is 2.23. The van der Waals surface area contributed by atoms with Crippen LogP contribution in [0.3, 0.4) is 0 Å². The van der Waals surface area contributed by atoms with Crippen molar-refractivity contribution in [3.8, 4) is 0 Å². The summed E-state index contributed by atoms with van der Waals surface area (Å²) in [6, 6.07) is 7.54. The number of hydrogen-bond acceptors (Lipinski definition) is 5. The average Bonchev–Trinajstić information content (AvgIpc) is 2.52. The minimum atomic E-state index is -1.31. The maximum Gasteiger partial charge on any atom is 0.295 e. The van der Waals surface area contributed by atoms with Gasteiger partial charge in [-0.25, -0.2) is 0 Å². The molecule has 0 heterocycles. The van der Waals surface area contributed by atoms with Crippen LogP contribution >= 0.6 is 0 Å². The number of benzene rings is 1. The van der Waals surface area contributed by atoms with Gasteiger partial charge in [0.05, 0.1) is 12.5 Å². The lowest BCUT2D eigenvalue weighted by atomic mass is 9.92. The predicted molar refractivity (Wildman–Crippen MR) is 85.6 cm³/mol. The molecule has 0 fully saturated rings. The van der Waals surface area contributed by atoms with Crippen LogP contribution in [0.5, 0.6) is 0 Å². The second kappa shape index (κ2) is 13.2. The molecule has 0 bridgehead atoms. The Hall–Kier alpha value is -1.43. The zero-order valence-corrected chi connectivity index (χ0v) is 13.7. The Balaban J connectivity index is 0.000000763. The smallest absolute Gasteiger partial charge is 0.295 e. The Morgan fingerprint density at radius 1 is 1.18 bits per heavy atom. The molecule has 0 aliphatic heterocycles. The van der Waals surface area contributed by atoms with Crippen LogP contribution in [0.1, 0.15) is 44.2 Å². The maximum absolute atomic E-state index is 10.2. The van der Waals surface area contributed by atoms with E-state index in [1.165, 1.54) is 0 Å². The minimum absolute atomic E-state index is 0.190. The summed E-state index contributed by atoms with van der Waals surface area (Å²) in [7, 11) is 0. The number of rotatable bonds is 9. The number of carbonyl (C=O) groups is 1. The molecule has 1 aromatic rings. The molecule has 0 spiro atoms. The SMILES string of the molecule is CCCc1ccccc1C(CO)C(O)OC=O.CCOCC. The summed E-state index contributed by atoms with van der Waals surface area (Å²) < 4.78 is 9.33. The molecule has 5 nitrogen and oxygen atoms in total. The molecule has 5 heteroatoms. The van der Waals surface area contributed by atoms with Crippen LogP contribution in [-0.2, 0) is 20.7 Å². The lowest BCUT2D eigenvalue weighted by Crippen LogP contribution is -2.25. The largest absolute Gasteiger partial charge is 0.437 e. The topological polar surface area (TPSA) is 76.0 Å². The lowest BCUT2D eigenvalue weighted by molar-refractivity contribution is -0.157. The highest BCUT2D eigenvalue weighted by Crippen LogP contribution is 2.24. The van der Waals surface area contributed by atoms with Gasteiger partial charge in [0.2, 0.25) is 6.29 Å². The number of aliphatic hydroxyl groups excluding tert-OH is 2. The molecule has 2 atom stereocenters. The van der Waals surface area contributed by atoms with Gasteiger partial charge in [-0.2, -0.15) is 0 Å². The van der Waals surface area contributed by atoms with Gasteiger partial charge in [0.25, 0.3) is 6.47 Å². The van der Waals surface area contributed by atoms with Gasteiger partial charge in [0.15, 0.2) is 0 Å². The van der Waals surface area contributed by atoms with E-state index in [0.717, 1.165) is 37.2 Å². The van der Waals surface area contributed by atoms with Gasteiger partial charge < -0.3 is 19.7 Å². The Bertz CT molecular complexity index is 392.